The highest BCUT2D eigenvalue weighted by Crippen LogP contribution is 2.19. The molecule has 0 aromatic heterocycles. The number of benzene rings is 1. The summed E-state index contributed by atoms with van der Waals surface area (Å²) in [7, 11) is 0. The van der Waals surface area contributed by atoms with Crippen molar-refractivity contribution in [2.45, 2.75) is 45.3 Å². The van der Waals surface area contributed by atoms with E-state index in [1.54, 1.807) is 4.90 Å². The number of halogens is 1. The summed E-state index contributed by atoms with van der Waals surface area (Å²) >= 11 is 3.44. The Hall–Kier alpha value is -1.36. The van der Waals surface area contributed by atoms with Gasteiger partial charge in [0.1, 0.15) is 6.04 Å². The molecule has 0 bridgehead atoms. The molecule has 2 rings (SSSR count). The van der Waals surface area contributed by atoms with Crippen LogP contribution < -0.4 is 5.32 Å². The highest BCUT2D eigenvalue weighted by Gasteiger charge is 2.32. The molecule has 1 heterocycles. The summed E-state index contributed by atoms with van der Waals surface area (Å²) in [6.45, 7) is 4.37. The smallest absolute Gasteiger partial charge is 0.245 e. The minimum Gasteiger partial charge on any atom is -0.344 e. The fraction of sp³-hybridized carbons (Fsp3) is 0.467. The zero-order chi connectivity index (χ0) is 14.7. The summed E-state index contributed by atoms with van der Waals surface area (Å²) in [4.78, 5) is 26.1. The highest BCUT2D eigenvalue weighted by molar-refractivity contribution is 9.10. The maximum Gasteiger partial charge on any atom is 0.245 e. The van der Waals surface area contributed by atoms with Gasteiger partial charge in [0.25, 0.3) is 0 Å². The number of hydrogen-bond donors (Lipinski definition) is 1. The van der Waals surface area contributed by atoms with Gasteiger partial charge >= 0.3 is 0 Å². The molecule has 1 N–H and O–H groups in total. The van der Waals surface area contributed by atoms with E-state index in [0.717, 1.165) is 10.0 Å². The maximum atomic E-state index is 12.5. The van der Waals surface area contributed by atoms with Crippen molar-refractivity contribution in [2.75, 3.05) is 0 Å². The first-order valence-electron chi connectivity index (χ1n) is 6.85. The van der Waals surface area contributed by atoms with Crippen molar-refractivity contribution in [3.05, 3.63) is 34.3 Å². The predicted molar refractivity (Wildman–Crippen MR) is 81.0 cm³/mol. The summed E-state index contributed by atoms with van der Waals surface area (Å²) in [5, 5.41) is 2.80. The normalized spacial score (nSPS) is 23.4. The first kappa shape index (κ1) is 15.0. The highest BCUT2D eigenvalue weighted by atomic mass is 79.9. The van der Waals surface area contributed by atoms with E-state index in [-0.39, 0.29) is 17.9 Å². The molecule has 0 saturated carbocycles. The summed E-state index contributed by atoms with van der Waals surface area (Å²) in [5.74, 6) is -0.0414. The van der Waals surface area contributed by atoms with Gasteiger partial charge in [-0.05, 0) is 31.0 Å². The first-order valence-corrected chi connectivity index (χ1v) is 7.65. The third-order valence-corrected chi connectivity index (χ3v) is 4.07. The molecule has 0 radical (unpaired) electrons. The van der Waals surface area contributed by atoms with E-state index in [1.807, 2.05) is 38.1 Å². The van der Waals surface area contributed by atoms with Crippen molar-refractivity contribution in [3.63, 3.8) is 0 Å². The van der Waals surface area contributed by atoms with Crippen LogP contribution in [0.2, 0.25) is 0 Å². The van der Waals surface area contributed by atoms with Gasteiger partial charge in [0.15, 0.2) is 0 Å². The average Bonchev–Trinajstić information content (AvgIpc) is 2.50. The standard InChI is InChI=1S/C15H19BrN2O2/c1-3-13-15(20)18(10(2)7-14(19)17-13)9-11-5-4-6-12(16)8-11/h4-6,8,10,13H,3,7,9H2,1-2H3,(H,17,19). The largest absolute Gasteiger partial charge is 0.344 e. The minimum atomic E-state index is -0.403. The van der Waals surface area contributed by atoms with E-state index in [4.69, 9.17) is 0 Å². The molecule has 108 valence electrons. The van der Waals surface area contributed by atoms with Crippen molar-refractivity contribution in [3.8, 4) is 0 Å². The summed E-state index contributed by atoms with van der Waals surface area (Å²) in [6.07, 6.45) is 0.975. The lowest BCUT2D eigenvalue weighted by molar-refractivity contribution is -0.135. The van der Waals surface area contributed by atoms with Crippen LogP contribution in [0.1, 0.15) is 32.3 Å². The van der Waals surface area contributed by atoms with Gasteiger partial charge in [0, 0.05) is 23.5 Å². The van der Waals surface area contributed by atoms with Crippen LogP contribution in [-0.2, 0) is 16.1 Å². The number of carbonyl (C=O) groups excluding carboxylic acids is 2. The van der Waals surface area contributed by atoms with E-state index in [1.165, 1.54) is 0 Å². The van der Waals surface area contributed by atoms with Gasteiger partial charge in [-0.3, -0.25) is 9.59 Å². The lowest BCUT2D eigenvalue weighted by atomic mass is 10.1. The number of carbonyl (C=O) groups is 2. The lowest BCUT2D eigenvalue weighted by Gasteiger charge is -2.28. The Bertz CT molecular complexity index is 518. The quantitative estimate of drug-likeness (QED) is 0.920. The first-order chi connectivity index (χ1) is 9.51. The van der Waals surface area contributed by atoms with E-state index in [2.05, 4.69) is 21.2 Å². The van der Waals surface area contributed by atoms with Gasteiger partial charge in [-0.15, -0.1) is 0 Å². The molecule has 2 atom stereocenters. The fourth-order valence-corrected chi connectivity index (χ4v) is 2.90. The van der Waals surface area contributed by atoms with Crippen molar-refractivity contribution in [1.29, 1.82) is 0 Å². The van der Waals surface area contributed by atoms with Crippen molar-refractivity contribution in [2.24, 2.45) is 0 Å². The van der Waals surface area contributed by atoms with Crippen LogP contribution in [0.15, 0.2) is 28.7 Å². The number of rotatable bonds is 3. The Morgan fingerprint density at radius 1 is 1.40 bits per heavy atom. The van der Waals surface area contributed by atoms with Crippen LogP contribution in [0, 0.1) is 0 Å². The second-order valence-corrected chi connectivity index (χ2v) is 6.09. The van der Waals surface area contributed by atoms with Crippen LogP contribution in [0.4, 0.5) is 0 Å². The van der Waals surface area contributed by atoms with Gasteiger partial charge in [-0.2, -0.15) is 0 Å². The molecule has 0 spiro atoms. The number of hydrogen-bond acceptors (Lipinski definition) is 2. The zero-order valence-electron chi connectivity index (χ0n) is 11.7. The Kier molecular flexibility index (Phi) is 4.81. The topological polar surface area (TPSA) is 49.4 Å². The molecule has 5 heteroatoms. The van der Waals surface area contributed by atoms with Gasteiger partial charge in [-0.1, -0.05) is 35.0 Å². The van der Waals surface area contributed by atoms with Gasteiger partial charge in [0.2, 0.25) is 11.8 Å². The third-order valence-electron chi connectivity index (χ3n) is 3.58. The van der Waals surface area contributed by atoms with Crippen LogP contribution in [0.3, 0.4) is 0 Å². The monoisotopic (exact) mass is 338 g/mol. The molecule has 2 unspecified atom stereocenters. The Labute approximate surface area is 127 Å². The molecular weight excluding hydrogens is 320 g/mol. The molecular formula is C15H19BrN2O2. The molecule has 1 aliphatic heterocycles. The van der Waals surface area contributed by atoms with Crippen LogP contribution in [0.5, 0.6) is 0 Å². The van der Waals surface area contributed by atoms with E-state index >= 15 is 0 Å². The molecule has 1 fully saturated rings. The van der Waals surface area contributed by atoms with Crippen LogP contribution in [-0.4, -0.2) is 28.8 Å². The number of amides is 2. The van der Waals surface area contributed by atoms with Crippen molar-refractivity contribution < 1.29 is 9.59 Å². The lowest BCUT2D eigenvalue weighted by Crippen LogP contribution is -2.45. The Balaban J connectivity index is 2.22. The maximum absolute atomic E-state index is 12.5. The molecule has 1 aromatic rings. The Morgan fingerprint density at radius 3 is 2.80 bits per heavy atom. The minimum absolute atomic E-state index is 0.00539. The summed E-state index contributed by atoms with van der Waals surface area (Å²) < 4.78 is 0.992. The van der Waals surface area contributed by atoms with E-state index < -0.39 is 6.04 Å². The van der Waals surface area contributed by atoms with Gasteiger partial charge < -0.3 is 10.2 Å². The molecule has 0 aliphatic carbocycles. The van der Waals surface area contributed by atoms with Crippen molar-refractivity contribution in [1.82, 2.24) is 10.2 Å². The van der Waals surface area contributed by atoms with E-state index in [0.29, 0.717) is 19.4 Å². The molecule has 1 aromatic carbocycles. The van der Waals surface area contributed by atoms with Crippen molar-refractivity contribution >= 4 is 27.7 Å². The second kappa shape index (κ2) is 6.39. The van der Waals surface area contributed by atoms with Crippen LogP contribution in [0.25, 0.3) is 0 Å². The van der Waals surface area contributed by atoms with Gasteiger partial charge in [0.05, 0.1) is 0 Å². The molecule has 20 heavy (non-hydrogen) atoms. The molecule has 1 aliphatic rings. The SMILES string of the molecule is CCC1NC(=O)CC(C)N(Cc2cccc(Br)c2)C1=O. The molecule has 1 saturated heterocycles. The van der Waals surface area contributed by atoms with Gasteiger partial charge in [-0.25, -0.2) is 0 Å². The zero-order valence-corrected chi connectivity index (χ0v) is 13.3. The van der Waals surface area contributed by atoms with Crippen LogP contribution >= 0.6 is 15.9 Å². The van der Waals surface area contributed by atoms with E-state index in [9.17, 15) is 9.59 Å². The number of nitrogens with one attached hydrogen (secondary N) is 1. The second-order valence-electron chi connectivity index (χ2n) is 5.18. The fourth-order valence-electron chi connectivity index (χ4n) is 2.45. The Morgan fingerprint density at radius 2 is 2.15 bits per heavy atom. The third kappa shape index (κ3) is 3.39. The summed E-state index contributed by atoms with van der Waals surface area (Å²) in [6, 6.07) is 7.41. The summed E-state index contributed by atoms with van der Waals surface area (Å²) in [5.41, 5.74) is 1.06. The predicted octanol–water partition coefficient (Wildman–Crippen LogP) is 2.46. The number of nitrogens with zero attached hydrogens (tertiary/aromatic N) is 1. The molecule has 2 amide bonds. The molecule has 4 nitrogen and oxygen atoms in total. The average molecular weight is 339 g/mol.